The van der Waals surface area contributed by atoms with Crippen molar-refractivity contribution in [2.45, 2.75) is 17.7 Å². The molecule has 0 atom stereocenters. The van der Waals surface area contributed by atoms with Gasteiger partial charge in [0.15, 0.2) is 6.61 Å². The number of rotatable bonds is 6. The Labute approximate surface area is 176 Å². The van der Waals surface area contributed by atoms with Crippen LogP contribution in [0, 0.1) is 0 Å². The van der Waals surface area contributed by atoms with Crippen LogP contribution in [0.4, 0.5) is 5.69 Å². The summed E-state index contributed by atoms with van der Waals surface area (Å²) in [5, 5.41) is 4.65. The zero-order chi connectivity index (χ0) is 20.3. The fourth-order valence-corrected chi connectivity index (χ4v) is 5.83. The van der Waals surface area contributed by atoms with Gasteiger partial charge in [-0.05, 0) is 42.5 Å². The molecule has 1 aromatic carbocycles. The van der Waals surface area contributed by atoms with Crippen LogP contribution in [0.2, 0.25) is 10.0 Å². The van der Waals surface area contributed by atoms with Crippen LogP contribution in [-0.2, 0) is 19.6 Å². The summed E-state index contributed by atoms with van der Waals surface area (Å²) in [5.74, 6) is -1.50. The number of hydrogen-bond acceptors (Lipinski definition) is 6. The number of carbonyl (C=O) groups is 2. The van der Waals surface area contributed by atoms with Crippen LogP contribution in [0.5, 0.6) is 0 Å². The van der Waals surface area contributed by atoms with Gasteiger partial charge >= 0.3 is 5.97 Å². The van der Waals surface area contributed by atoms with E-state index in [1.54, 1.807) is 6.07 Å². The Morgan fingerprint density at radius 1 is 1.18 bits per heavy atom. The number of hydrogen-bond donors (Lipinski definition) is 1. The van der Waals surface area contributed by atoms with Crippen LogP contribution >= 0.6 is 34.5 Å². The Bertz CT molecular complexity index is 1000. The average Bonchev–Trinajstić information content (AvgIpc) is 3.35. The van der Waals surface area contributed by atoms with Gasteiger partial charge in [0.25, 0.3) is 5.91 Å². The van der Waals surface area contributed by atoms with E-state index in [0.717, 1.165) is 24.2 Å². The highest BCUT2D eigenvalue weighted by Crippen LogP contribution is 2.28. The molecule has 0 radical (unpaired) electrons. The molecule has 7 nitrogen and oxygen atoms in total. The minimum absolute atomic E-state index is 0.0551. The van der Waals surface area contributed by atoms with Gasteiger partial charge in [-0.25, -0.2) is 13.2 Å². The van der Waals surface area contributed by atoms with E-state index < -0.39 is 28.5 Å². The van der Waals surface area contributed by atoms with Gasteiger partial charge in [0.1, 0.15) is 9.77 Å². The lowest BCUT2D eigenvalue weighted by atomic mass is 10.3. The standard InChI is InChI=1S/C17H16Cl2N2O5S2/c18-11-3-4-12(19)13(9-11)20-15(22)10-26-17(23)16-14(5-8-27-16)28(24,25)21-6-1-2-7-21/h3-5,8-9H,1-2,6-7,10H2,(H,20,22). The summed E-state index contributed by atoms with van der Waals surface area (Å²) in [5.41, 5.74) is 0.281. The number of esters is 1. The van der Waals surface area contributed by atoms with Gasteiger partial charge in [0.05, 0.1) is 10.7 Å². The number of nitrogens with one attached hydrogen (secondary N) is 1. The highest BCUT2D eigenvalue weighted by Gasteiger charge is 2.32. The van der Waals surface area contributed by atoms with Crippen molar-refractivity contribution in [1.29, 1.82) is 0 Å². The lowest BCUT2D eigenvalue weighted by Gasteiger charge is -2.15. The fourth-order valence-electron chi connectivity index (χ4n) is 2.69. The fraction of sp³-hybridized carbons (Fsp3) is 0.294. The van der Waals surface area contributed by atoms with E-state index in [9.17, 15) is 18.0 Å². The van der Waals surface area contributed by atoms with Crippen LogP contribution in [0.25, 0.3) is 0 Å². The predicted octanol–water partition coefficient (Wildman–Crippen LogP) is 3.63. The Hall–Kier alpha value is -1.65. The second-order valence-corrected chi connectivity index (χ2v) is 9.64. The molecule has 1 N–H and O–H groups in total. The van der Waals surface area contributed by atoms with Crippen molar-refractivity contribution in [2.24, 2.45) is 0 Å². The molecule has 0 aliphatic carbocycles. The van der Waals surface area contributed by atoms with Gasteiger partial charge in [0, 0.05) is 18.1 Å². The van der Waals surface area contributed by atoms with Crippen LogP contribution < -0.4 is 5.32 Å². The van der Waals surface area contributed by atoms with Crippen molar-refractivity contribution in [3.63, 3.8) is 0 Å². The Morgan fingerprint density at radius 3 is 2.61 bits per heavy atom. The number of carbonyl (C=O) groups excluding carboxylic acids is 2. The van der Waals surface area contributed by atoms with Crippen LogP contribution in [0.3, 0.4) is 0 Å². The van der Waals surface area contributed by atoms with Gasteiger partial charge in [-0.15, -0.1) is 11.3 Å². The van der Waals surface area contributed by atoms with Gasteiger partial charge in [-0.2, -0.15) is 4.31 Å². The van der Waals surface area contributed by atoms with E-state index in [1.807, 2.05) is 0 Å². The minimum Gasteiger partial charge on any atom is -0.451 e. The highest BCUT2D eigenvalue weighted by molar-refractivity contribution is 7.89. The van der Waals surface area contributed by atoms with E-state index in [1.165, 1.54) is 27.9 Å². The molecule has 1 amide bonds. The number of amides is 1. The maximum Gasteiger partial charge on any atom is 0.350 e. The van der Waals surface area contributed by atoms with Crippen molar-refractivity contribution in [2.75, 3.05) is 25.0 Å². The first-order chi connectivity index (χ1) is 13.3. The Balaban J connectivity index is 1.65. The molecule has 1 saturated heterocycles. The first kappa shape index (κ1) is 21.1. The number of sulfonamides is 1. The lowest BCUT2D eigenvalue weighted by molar-refractivity contribution is -0.119. The van der Waals surface area contributed by atoms with Crippen molar-refractivity contribution in [3.05, 3.63) is 44.6 Å². The van der Waals surface area contributed by atoms with Gasteiger partial charge < -0.3 is 10.1 Å². The molecule has 1 aromatic heterocycles. The first-order valence-electron chi connectivity index (χ1n) is 8.28. The summed E-state index contributed by atoms with van der Waals surface area (Å²) in [6.07, 6.45) is 1.57. The van der Waals surface area contributed by atoms with Crippen molar-refractivity contribution in [3.8, 4) is 0 Å². The zero-order valence-corrected chi connectivity index (χ0v) is 17.6. The molecule has 1 aliphatic rings. The van der Waals surface area contributed by atoms with E-state index >= 15 is 0 Å². The molecule has 0 unspecified atom stereocenters. The quantitative estimate of drug-likeness (QED) is 0.661. The number of thiophene rings is 1. The SMILES string of the molecule is O=C(COC(=O)c1sccc1S(=O)(=O)N1CCCC1)Nc1cc(Cl)ccc1Cl. The Kier molecular flexibility index (Phi) is 6.61. The molecule has 2 heterocycles. The van der Waals surface area contributed by atoms with Gasteiger partial charge in [-0.1, -0.05) is 23.2 Å². The second kappa shape index (κ2) is 8.79. The maximum absolute atomic E-state index is 12.7. The van der Waals surface area contributed by atoms with E-state index in [0.29, 0.717) is 18.1 Å². The predicted molar refractivity (Wildman–Crippen MR) is 108 cm³/mol. The summed E-state index contributed by atoms with van der Waals surface area (Å²) in [7, 11) is -3.76. The number of nitrogens with zero attached hydrogens (tertiary/aromatic N) is 1. The number of anilines is 1. The molecule has 1 fully saturated rings. The molecule has 0 saturated carbocycles. The normalized spacial score (nSPS) is 14.8. The van der Waals surface area contributed by atoms with Crippen LogP contribution in [0.15, 0.2) is 34.5 Å². The van der Waals surface area contributed by atoms with Crippen LogP contribution in [0.1, 0.15) is 22.5 Å². The molecule has 11 heteroatoms. The van der Waals surface area contributed by atoms with Crippen molar-refractivity contribution in [1.82, 2.24) is 4.31 Å². The molecule has 0 spiro atoms. The van der Waals surface area contributed by atoms with Crippen molar-refractivity contribution >= 4 is 62.1 Å². The molecule has 2 aromatic rings. The van der Waals surface area contributed by atoms with Gasteiger partial charge in [-0.3, -0.25) is 4.79 Å². The largest absolute Gasteiger partial charge is 0.451 e. The summed E-state index contributed by atoms with van der Waals surface area (Å²) >= 11 is 12.8. The van der Waals surface area contributed by atoms with Crippen LogP contribution in [-0.4, -0.2) is 44.3 Å². The third kappa shape index (κ3) is 4.66. The molecule has 0 bridgehead atoms. The zero-order valence-electron chi connectivity index (χ0n) is 14.5. The topological polar surface area (TPSA) is 92.8 Å². The van der Waals surface area contributed by atoms with Gasteiger partial charge in [0.2, 0.25) is 10.0 Å². The average molecular weight is 463 g/mol. The summed E-state index contributed by atoms with van der Waals surface area (Å²) in [6.45, 7) is 0.258. The van der Waals surface area contributed by atoms with E-state index in [-0.39, 0.29) is 20.5 Å². The third-order valence-electron chi connectivity index (χ3n) is 4.03. The third-order valence-corrected chi connectivity index (χ3v) is 7.56. The Morgan fingerprint density at radius 2 is 1.89 bits per heavy atom. The molecular weight excluding hydrogens is 447 g/mol. The lowest BCUT2D eigenvalue weighted by Crippen LogP contribution is -2.29. The van der Waals surface area contributed by atoms with Crippen molar-refractivity contribution < 1.29 is 22.7 Å². The summed E-state index contributed by atoms with van der Waals surface area (Å²) in [6, 6.07) is 5.93. The molecule has 3 rings (SSSR count). The van der Waals surface area contributed by atoms with E-state index in [2.05, 4.69) is 5.32 Å². The number of benzene rings is 1. The molecule has 1 aliphatic heterocycles. The number of halogens is 2. The minimum atomic E-state index is -3.76. The molecule has 150 valence electrons. The first-order valence-corrected chi connectivity index (χ1v) is 11.4. The maximum atomic E-state index is 12.7. The molecule has 28 heavy (non-hydrogen) atoms. The summed E-state index contributed by atoms with van der Waals surface area (Å²) in [4.78, 5) is 24.2. The summed E-state index contributed by atoms with van der Waals surface area (Å²) < 4.78 is 31.7. The smallest absolute Gasteiger partial charge is 0.350 e. The van der Waals surface area contributed by atoms with E-state index in [4.69, 9.17) is 27.9 Å². The monoisotopic (exact) mass is 462 g/mol. The second-order valence-electron chi connectivity index (χ2n) is 5.97. The highest BCUT2D eigenvalue weighted by atomic mass is 35.5. The molecular formula is C17H16Cl2N2O5S2. The number of ether oxygens (including phenoxy) is 1.